The average molecular weight is 313 g/mol. The van der Waals surface area contributed by atoms with Crippen molar-refractivity contribution in [2.45, 2.75) is 20.4 Å². The van der Waals surface area contributed by atoms with Gasteiger partial charge in [0.1, 0.15) is 12.2 Å². The van der Waals surface area contributed by atoms with Gasteiger partial charge in [-0.1, -0.05) is 5.16 Å². The third-order valence-electron chi connectivity index (χ3n) is 3.41. The summed E-state index contributed by atoms with van der Waals surface area (Å²) < 4.78 is 7.55. The molecule has 3 aromatic heterocycles. The van der Waals surface area contributed by atoms with Crippen molar-refractivity contribution < 1.29 is 4.52 Å². The Bertz CT molecular complexity index is 949. The van der Waals surface area contributed by atoms with Gasteiger partial charge in [-0.25, -0.2) is 4.79 Å². The van der Waals surface area contributed by atoms with Gasteiger partial charge in [0.05, 0.1) is 0 Å². The molecule has 0 spiro atoms. The second-order valence-electron chi connectivity index (χ2n) is 5.33. The van der Waals surface area contributed by atoms with E-state index in [9.17, 15) is 9.59 Å². The maximum Gasteiger partial charge on any atom is 0.331 e. The van der Waals surface area contributed by atoms with Gasteiger partial charge >= 0.3 is 5.69 Å². The predicted octanol–water partition coefficient (Wildman–Crippen LogP) is 0.657. The summed E-state index contributed by atoms with van der Waals surface area (Å²) in [5, 5.41) is 3.86. The largest absolute Gasteiger partial charge is 0.337 e. The molecule has 0 aliphatic heterocycles. The number of nitrogens with zero attached hydrogens (tertiary/aromatic N) is 5. The van der Waals surface area contributed by atoms with Crippen molar-refractivity contribution in [3.63, 3.8) is 0 Å². The molecule has 3 rings (SSSR count). The van der Waals surface area contributed by atoms with E-state index < -0.39 is 5.69 Å². The van der Waals surface area contributed by atoms with Crippen LogP contribution in [0.1, 0.15) is 17.0 Å². The minimum absolute atomic E-state index is 0.0774. The number of pyridine rings is 1. The van der Waals surface area contributed by atoms with Gasteiger partial charge in [0.2, 0.25) is 11.7 Å². The molecule has 0 radical (unpaired) electrons. The third-order valence-corrected chi connectivity index (χ3v) is 3.41. The smallest absolute Gasteiger partial charge is 0.331 e. The molecular weight excluding hydrogens is 298 g/mol. The molecular formula is C15H15N5O3. The van der Waals surface area contributed by atoms with Gasteiger partial charge in [-0.15, -0.1) is 0 Å². The van der Waals surface area contributed by atoms with E-state index >= 15 is 0 Å². The summed E-state index contributed by atoms with van der Waals surface area (Å²) in [5.74, 6) is 0.495. The molecule has 3 aromatic rings. The number of rotatable bonds is 3. The van der Waals surface area contributed by atoms with Gasteiger partial charge in [0, 0.05) is 25.0 Å². The summed E-state index contributed by atoms with van der Waals surface area (Å²) in [6.45, 7) is 3.50. The fourth-order valence-corrected chi connectivity index (χ4v) is 2.25. The van der Waals surface area contributed by atoms with Crippen LogP contribution in [-0.2, 0) is 13.6 Å². The van der Waals surface area contributed by atoms with Crippen LogP contribution in [0.4, 0.5) is 0 Å². The highest BCUT2D eigenvalue weighted by molar-refractivity contribution is 5.48. The summed E-state index contributed by atoms with van der Waals surface area (Å²) in [6, 6.07) is 3.69. The quantitative estimate of drug-likeness (QED) is 0.704. The van der Waals surface area contributed by atoms with E-state index in [1.165, 1.54) is 10.8 Å². The van der Waals surface area contributed by atoms with Crippen LogP contribution in [0.3, 0.4) is 0 Å². The minimum Gasteiger partial charge on any atom is -0.337 e. The molecule has 3 heterocycles. The molecule has 118 valence electrons. The van der Waals surface area contributed by atoms with Crippen molar-refractivity contribution in [1.29, 1.82) is 0 Å². The zero-order valence-electron chi connectivity index (χ0n) is 13.0. The molecule has 0 aliphatic carbocycles. The van der Waals surface area contributed by atoms with E-state index in [1.807, 2.05) is 19.1 Å². The number of aromatic nitrogens is 5. The monoisotopic (exact) mass is 313 g/mol. The molecule has 0 saturated carbocycles. The maximum atomic E-state index is 12.1. The highest BCUT2D eigenvalue weighted by atomic mass is 16.5. The first-order chi connectivity index (χ1) is 11.0. The summed E-state index contributed by atoms with van der Waals surface area (Å²) >= 11 is 0. The van der Waals surface area contributed by atoms with Crippen molar-refractivity contribution in [3.8, 4) is 11.5 Å². The molecule has 0 saturated heterocycles. The molecule has 8 heteroatoms. The van der Waals surface area contributed by atoms with E-state index in [0.717, 1.165) is 10.1 Å². The van der Waals surface area contributed by atoms with E-state index in [0.29, 0.717) is 17.1 Å². The summed E-state index contributed by atoms with van der Waals surface area (Å²) in [4.78, 5) is 32.6. The Morgan fingerprint density at radius 2 is 2.04 bits per heavy atom. The number of hydrogen-bond donors (Lipinski definition) is 0. The lowest BCUT2D eigenvalue weighted by atomic mass is 10.2. The van der Waals surface area contributed by atoms with Crippen molar-refractivity contribution in [2.75, 3.05) is 0 Å². The van der Waals surface area contributed by atoms with Crippen molar-refractivity contribution in [1.82, 2.24) is 24.3 Å². The van der Waals surface area contributed by atoms with Crippen molar-refractivity contribution in [3.05, 3.63) is 62.4 Å². The molecule has 8 nitrogen and oxygen atoms in total. The Morgan fingerprint density at radius 1 is 1.26 bits per heavy atom. The highest BCUT2D eigenvalue weighted by Gasteiger charge is 2.14. The molecule has 0 unspecified atom stereocenters. The molecule has 0 fully saturated rings. The molecule has 0 amide bonds. The third kappa shape index (κ3) is 2.83. The normalized spacial score (nSPS) is 10.9. The zero-order chi connectivity index (χ0) is 16.6. The van der Waals surface area contributed by atoms with Crippen LogP contribution in [0.15, 0.2) is 38.6 Å². The van der Waals surface area contributed by atoms with Crippen LogP contribution >= 0.6 is 0 Å². The lowest BCUT2D eigenvalue weighted by Crippen LogP contribution is -2.40. The molecule has 0 bridgehead atoms. The van der Waals surface area contributed by atoms with E-state index in [4.69, 9.17) is 4.52 Å². The maximum absolute atomic E-state index is 12.1. The van der Waals surface area contributed by atoms with Crippen molar-refractivity contribution in [2.24, 2.45) is 7.05 Å². The fourth-order valence-electron chi connectivity index (χ4n) is 2.25. The molecule has 23 heavy (non-hydrogen) atoms. The van der Waals surface area contributed by atoms with Gasteiger partial charge in [0.15, 0.2) is 0 Å². The highest BCUT2D eigenvalue weighted by Crippen LogP contribution is 2.14. The lowest BCUT2D eigenvalue weighted by Gasteiger charge is -2.05. The number of aryl methyl sites for hydroxylation is 3. The fraction of sp³-hybridized carbons (Fsp3) is 0.267. The van der Waals surface area contributed by atoms with Crippen LogP contribution in [0.5, 0.6) is 0 Å². The second kappa shape index (κ2) is 5.64. The Hall–Kier alpha value is -3.03. The molecule has 0 aromatic carbocycles. The Labute approximate surface area is 131 Å². The summed E-state index contributed by atoms with van der Waals surface area (Å²) in [7, 11) is 1.58. The topological polar surface area (TPSA) is 95.8 Å². The van der Waals surface area contributed by atoms with Gasteiger partial charge in [0.25, 0.3) is 5.56 Å². The number of hydrogen-bond acceptors (Lipinski definition) is 6. The standard InChI is InChI=1S/C15H15N5O3/c1-9-4-5-16-11(6-9)13-17-12(23-18-13)8-20-14(21)10(2)7-19(3)15(20)22/h4-7H,8H2,1-3H3. The Morgan fingerprint density at radius 3 is 2.78 bits per heavy atom. The van der Waals surface area contributed by atoms with E-state index in [2.05, 4.69) is 15.1 Å². The first-order valence-corrected chi connectivity index (χ1v) is 6.98. The second-order valence-corrected chi connectivity index (χ2v) is 5.33. The predicted molar refractivity (Wildman–Crippen MR) is 82.0 cm³/mol. The van der Waals surface area contributed by atoms with Crippen LogP contribution in [0.25, 0.3) is 11.5 Å². The lowest BCUT2D eigenvalue weighted by molar-refractivity contribution is 0.366. The first-order valence-electron chi connectivity index (χ1n) is 6.98. The van der Waals surface area contributed by atoms with Crippen molar-refractivity contribution >= 4 is 0 Å². The first kappa shape index (κ1) is 14.9. The van der Waals surface area contributed by atoms with Crippen LogP contribution in [0.2, 0.25) is 0 Å². The van der Waals surface area contributed by atoms with Gasteiger partial charge in [-0.3, -0.25) is 14.3 Å². The molecule has 0 N–H and O–H groups in total. The van der Waals surface area contributed by atoms with Crippen LogP contribution in [0, 0.1) is 13.8 Å². The van der Waals surface area contributed by atoms with Crippen LogP contribution in [-0.4, -0.2) is 24.3 Å². The van der Waals surface area contributed by atoms with Gasteiger partial charge < -0.3 is 9.09 Å². The zero-order valence-corrected chi connectivity index (χ0v) is 13.0. The Balaban J connectivity index is 1.97. The Kier molecular flexibility index (Phi) is 3.65. The van der Waals surface area contributed by atoms with Gasteiger partial charge in [-0.2, -0.15) is 4.98 Å². The molecule has 0 aliphatic rings. The average Bonchev–Trinajstić information content (AvgIpc) is 2.98. The van der Waals surface area contributed by atoms with Crippen LogP contribution < -0.4 is 11.2 Å². The van der Waals surface area contributed by atoms with Gasteiger partial charge in [-0.05, 0) is 31.5 Å². The molecule has 0 atom stereocenters. The SMILES string of the molecule is Cc1ccnc(-c2noc(Cn3c(=O)c(C)cn(C)c3=O)n2)c1. The van der Waals surface area contributed by atoms with E-state index in [-0.39, 0.29) is 18.0 Å². The van der Waals surface area contributed by atoms with E-state index in [1.54, 1.807) is 20.2 Å². The summed E-state index contributed by atoms with van der Waals surface area (Å²) in [5.41, 5.74) is 1.25. The minimum atomic E-state index is -0.436. The summed E-state index contributed by atoms with van der Waals surface area (Å²) in [6.07, 6.45) is 3.15.